The molecule has 17 nitrogen and oxygen atoms in total. The third-order valence-electron chi connectivity index (χ3n) is 13.2. The highest BCUT2D eigenvalue weighted by atomic mass is 16.8. The van der Waals surface area contributed by atoms with Crippen LogP contribution in [0.3, 0.4) is 0 Å². The van der Waals surface area contributed by atoms with Crippen LogP contribution < -0.4 is 0 Å². The summed E-state index contributed by atoms with van der Waals surface area (Å²) in [7, 11) is 0. The number of carboxylic acids is 2. The zero-order chi connectivity index (χ0) is 39.0. The molecule has 0 aromatic rings. The quantitative estimate of drug-likeness (QED) is 0.0616. The first-order chi connectivity index (χ1) is 24.8. The lowest BCUT2D eigenvalue weighted by Gasteiger charge is -2.62. The number of fused-ring (bicyclic) bond motifs is 3. The van der Waals surface area contributed by atoms with Gasteiger partial charge in [-0.25, -0.2) is 9.59 Å². The minimum absolute atomic E-state index is 0.0569. The van der Waals surface area contributed by atoms with Gasteiger partial charge in [0.2, 0.25) is 17.5 Å². The van der Waals surface area contributed by atoms with Crippen LogP contribution in [-0.4, -0.2) is 133 Å². The van der Waals surface area contributed by atoms with Crippen LogP contribution in [0.1, 0.15) is 72.1 Å². The van der Waals surface area contributed by atoms with Gasteiger partial charge in [-0.05, 0) is 79.6 Å². The van der Waals surface area contributed by atoms with Crippen LogP contribution in [0.4, 0.5) is 0 Å². The van der Waals surface area contributed by atoms with Gasteiger partial charge >= 0.3 is 23.9 Å². The minimum Gasteiger partial charge on any atom is -0.481 e. The van der Waals surface area contributed by atoms with Crippen molar-refractivity contribution in [3.05, 3.63) is 12.2 Å². The summed E-state index contributed by atoms with van der Waals surface area (Å²) in [6.07, 6.45) is -9.16. The van der Waals surface area contributed by atoms with Crippen LogP contribution in [0.15, 0.2) is 12.2 Å². The highest BCUT2D eigenvalue weighted by Crippen LogP contribution is 2.70. The van der Waals surface area contributed by atoms with Crippen LogP contribution in [0.25, 0.3) is 0 Å². The molecule has 296 valence electrons. The molecule has 2 aliphatic heterocycles. The molecular weight excluding hydrogens is 704 g/mol. The number of esters is 2. The van der Waals surface area contributed by atoms with Crippen LogP contribution >= 0.6 is 0 Å². The van der Waals surface area contributed by atoms with Crippen molar-refractivity contribution >= 4 is 29.7 Å². The van der Waals surface area contributed by atoms with Crippen LogP contribution in [0.5, 0.6) is 0 Å². The third-order valence-corrected chi connectivity index (χ3v) is 13.2. The maximum Gasteiger partial charge on any atom is 0.380 e. The summed E-state index contributed by atoms with van der Waals surface area (Å²) >= 11 is 0. The second kappa shape index (κ2) is 13.9. The molecule has 15 atom stereocenters. The van der Waals surface area contributed by atoms with E-state index >= 15 is 0 Å². The molecule has 0 radical (unpaired) electrons. The average molecular weight is 755 g/mol. The van der Waals surface area contributed by atoms with Crippen molar-refractivity contribution in [2.24, 2.45) is 40.4 Å². The van der Waals surface area contributed by atoms with E-state index < -0.39 is 114 Å². The highest BCUT2D eigenvalue weighted by molar-refractivity contribution is 6.38. The molecule has 6 fully saturated rings. The molecule has 4 aliphatic carbocycles. The van der Waals surface area contributed by atoms with Gasteiger partial charge in [0.15, 0.2) is 12.4 Å². The number of hydrogen-bond donors (Lipinski definition) is 7. The van der Waals surface area contributed by atoms with Gasteiger partial charge in [-0.1, -0.05) is 27.4 Å². The van der Waals surface area contributed by atoms with E-state index in [0.29, 0.717) is 12.8 Å². The first-order valence-electron chi connectivity index (χ1n) is 18.2. The molecule has 2 heterocycles. The Morgan fingerprint density at radius 2 is 1.72 bits per heavy atom. The maximum atomic E-state index is 13.2. The first kappa shape index (κ1) is 39.7. The lowest BCUT2D eigenvalue weighted by molar-refractivity contribution is -0.364. The Labute approximate surface area is 305 Å². The standard InChI is InChI=1S/C36H50O17/c1-15(2)9-23(39)51-27-30(50-21(13-37)26(36(27,48)31(45)46)52-32-35(47,14-38)25(41)29(44)53-32)49-18-10-19(28(42)43)20-7-8-34-11-17(16(3)24(34)40)5-6-22(34)33(20,4)12-18/h15,17-22,24,26-27,30,32,37-38,40,47-48H,3,5-14H2,1-2,4H3,(H,42,43)(H,45,46)/t17-,18-,19-,20-,21-,22+,24-,26-,27+,30-,32+,33-,34-,35-,36-/m1/s1. The van der Waals surface area contributed by atoms with Crippen molar-refractivity contribution in [3.63, 3.8) is 0 Å². The summed E-state index contributed by atoms with van der Waals surface area (Å²) in [5, 5.41) is 75.6. The summed E-state index contributed by atoms with van der Waals surface area (Å²) in [5.41, 5.74) is -6.80. The van der Waals surface area contributed by atoms with Crippen molar-refractivity contribution in [2.75, 3.05) is 13.2 Å². The van der Waals surface area contributed by atoms with Crippen molar-refractivity contribution in [1.29, 1.82) is 0 Å². The number of carbonyl (C=O) groups excluding carboxylic acids is 3. The fourth-order valence-corrected chi connectivity index (χ4v) is 10.8. The smallest absolute Gasteiger partial charge is 0.380 e. The minimum atomic E-state index is -3.38. The van der Waals surface area contributed by atoms with E-state index in [1.54, 1.807) is 13.8 Å². The largest absolute Gasteiger partial charge is 0.481 e. The molecular formula is C36H50O17. The van der Waals surface area contributed by atoms with Gasteiger partial charge in [-0.15, -0.1) is 0 Å². The normalized spacial score (nSPS) is 46.4. The van der Waals surface area contributed by atoms with Gasteiger partial charge in [0.1, 0.15) is 12.2 Å². The van der Waals surface area contributed by atoms with Crippen molar-refractivity contribution in [2.45, 2.75) is 126 Å². The Hall–Kier alpha value is -3.03. The SMILES string of the molecule is C=C1[C@@H]2CC[C@H]3[C@]4(C)C[C@H](O[C@@H]5O[C@H](CO)[C@@H](O[C@H]6OC(=O)C(=O)[C@]6(O)CO)[C@](O)(C(=O)O)[C@H]5OC(=O)CC(C)C)C[C@@H](C(=O)O)[C@H]4CC[C@]3(C2)[C@@H]1O. The second-order valence-electron chi connectivity index (χ2n) is 16.6. The van der Waals surface area contributed by atoms with Crippen molar-refractivity contribution in [1.82, 2.24) is 0 Å². The Balaban J connectivity index is 1.36. The Bertz CT molecular complexity index is 1530. The molecule has 0 unspecified atom stereocenters. The van der Waals surface area contributed by atoms with Gasteiger partial charge < -0.3 is 59.4 Å². The van der Waals surface area contributed by atoms with Crippen molar-refractivity contribution < 1.29 is 83.4 Å². The molecule has 6 rings (SSSR count). The van der Waals surface area contributed by atoms with Gasteiger partial charge in [0.05, 0.1) is 31.3 Å². The number of ether oxygens (including phenoxy) is 5. The molecule has 2 bridgehead atoms. The number of Topliss-reactive ketones (excluding diaryl/α,β-unsaturated/α-hetero) is 1. The lowest BCUT2D eigenvalue weighted by Crippen LogP contribution is -2.73. The average Bonchev–Trinajstić information content (AvgIpc) is 3.41. The molecule has 7 N–H and O–H groups in total. The van der Waals surface area contributed by atoms with E-state index in [9.17, 15) is 59.7 Å². The molecule has 0 amide bonds. The summed E-state index contributed by atoms with van der Waals surface area (Å²) in [6.45, 7) is 7.03. The van der Waals surface area contributed by atoms with Gasteiger partial charge in [0.25, 0.3) is 5.78 Å². The topological polar surface area (TPSA) is 273 Å². The zero-order valence-electron chi connectivity index (χ0n) is 29.9. The fourth-order valence-electron chi connectivity index (χ4n) is 10.8. The van der Waals surface area contributed by atoms with E-state index in [1.165, 1.54) is 0 Å². The molecule has 1 spiro atoms. The Morgan fingerprint density at radius 1 is 1.02 bits per heavy atom. The predicted octanol–water partition coefficient (Wildman–Crippen LogP) is -0.333. The molecule has 6 aliphatic rings. The molecule has 4 saturated carbocycles. The highest BCUT2D eigenvalue weighted by Gasteiger charge is 2.70. The number of carboxylic acid groups (broad SMARTS) is 2. The van der Waals surface area contributed by atoms with Crippen LogP contribution in [-0.2, 0) is 47.7 Å². The van der Waals surface area contributed by atoms with E-state index in [-0.39, 0.29) is 42.9 Å². The van der Waals surface area contributed by atoms with E-state index in [1.807, 2.05) is 6.92 Å². The summed E-state index contributed by atoms with van der Waals surface area (Å²) in [5.74, 6) is -8.84. The fraction of sp³-hybridized carbons (Fsp3) is 0.806. The Kier molecular flexibility index (Phi) is 10.4. The lowest BCUT2D eigenvalue weighted by atomic mass is 9.43. The molecule has 2 saturated heterocycles. The van der Waals surface area contributed by atoms with E-state index in [2.05, 4.69) is 6.58 Å². The first-order valence-corrected chi connectivity index (χ1v) is 18.2. The van der Waals surface area contributed by atoms with Crippen LogP contribution in [0.2, 0.25) is 0 Å². The monoisotopic (exact) mass is 754 g/mol. The van der Waals surface area contributed by atoms with Gasteiger partial charge in [-0.3, -0.25) is 14.4 Å². The number of cyclic esters (lactones) is 1. The number of hydrogen-bond acceptors (Lipinski definition) is 15. The summed E-state index contributed by atoms with van der Waals surface area (Å²) in [6, 6.07) is 0. The van der Waals surface area contributed by atoms with E-state index in [0.717, 1.165) is 24.8 Å². The maximum absolute atomic E-state index is 13.2. The third kappa shape index (κ3) is 6.11. The van der Waals surface area contributed by atoms with Gasteiger partial charge in [-0.2, -0.15) is 0 Å². The number of rotatable bonds is 11. The van der Waals surface area contributed by atoms with Gasteiger partial charge in [0, 0.05) is 11.8 Å². The number of carbonyl (C=O) groups is 5. The molecule has 53 heavy (non-hydrogen) atoms. The van der Waals surface area contributed by atoms with E-state index in [4.69, 9.17) is 23.7 Å². The van der Waals surface area contributed by atoms with Crippen molar-refractivity contribution in [3.8, 4) is 0 Å². The Morgan fingerprint density at radius 3 is 2.32 bits per heavy atom. The number of aliphatic carboxylic acids is 2. The summed E-state index contributed by atoms with van der Waals surface area (Å²) < 4.78 is 28.2. The number of aliphatic hydroxyl groups is 5. The molecule has 0 aromatic heterocycles. The number of ketones is 1. The molecule has 17 heteroatoms. The van der Waals surface area contributed by atoms with Crippen LogP contribution in [0, 0.1) is 40.4 Å². The zero-order valence-corrected chi connectivity index (χ0v) is 29.9. The second-order valence-corrected chi connectivity index (χ2v) is 16.6. The predicted molar refractivity (Wildman–Crippen MR) is 174 cm³/mol. The summed E-state index contributed by atoms with van der Waals surface area (Å²) in [4.78, 5) is 63.5. The molecule has 0 aromatic carbocycles. The number of aliphatic hydroxyl groups excluding tert-OH is 3.